The van der Waals surface area contributed by atoms with Gasteiger partial charge in [-0.25, -0.2) is 0 Å². The second-order valence-corrected chi connectivity index (χ2v) is 10.1. The quantitative estimate of drug-likeness (QED) is 0.272. The molecule has 2 aliphatic rings. The number of nitrogens with one attached hydrogen (secondary N) is 1. The van der Waals surface area contributed by atoms with Gasteiger partial charge in [-0.05, 0) is 30.5 Å². The summed E-state index contributed by atoms with van der Waals surface area (Å²) in [5, 5.41) is 23.6. The van der Waals surface area contributed by atoms with E-state index in [-0.39, 0.29) is 25.0 Å². The second kappa shape index (κ2) is 13.1. The summed E-state index contributed by atoms with van der Waals surface area (Å²) in [6.07, 6.45) is 4.55. The molecule has 0 saturated carbocycles. The van der Waals surface area contributed by atoms with Gasteiger partial charge in [-0.2, -0.15) is 0 Å². The maximum absolute atomic E-state index is 13.4. The third-order valence-corrected chi connectivity index (χ3v) is 6.93. The van der Waals surface area contributed by atoms with E-state index in [4.69, 9.17) is 9.47 Å². The first-order valence-electron chi connectivity index (χ1n) is 13.2. The fourth-order valence-electron chi connectivity index (χ4n) is 5.17. The number of nitrogens with zero attached hydrogens (tertiary/aromatic N) is 1. The number of aliphatic hydroxyl groups is 2. The SMILES string of the molecule is CCCCCCN(C(=O)CC(C)C)C1C=C(C(=O)NCCO)C2c3cc(C=O)cc(OC)c3OC2C1O. The van der Waals surface area contributed by atoms with Crippen molar-refractivity contribution in [2.24, 2.45) is 5.92 Å². The molecule has 2 amide bonds. The van der Waals surface area contributed by atoms with Gasteiger partial charge in [0.05, 0.1) is 25.7 Å². The highest BCUT2D eigenvalue weighted by molar-refractivity contribution is 5.96. The number of carbonyl (C=O) groups is 3. The first-order chi connectivity index (χ1) is 17.8. The van der Waals surface area contributed by atoms with E-state index in [0.717, 1.165) is 25.7 Å². The Labute approximate surface area is 218 Å². The van der Waals surface area contributed by atoms with Crippen molar-refractivity contribution >= 4 is 18.1 Å². The lowest BCUT2D eigenvalue weighted by Crippen LogP contribution is -2.56. The van der Waals surface area contributed by atoms with Gasteiger partial charge in [-0.3, -0.25) is 14.4 Å². The Morgan fingerprint density at radius 2 is 2.00 bits per heavy atom. The Hall–Kier alpha value is -2.91. The number of ether oxygens (including phenoxy) is 2. The van der Waals surface area contributed by atoms with Crippen LogP contribution in [0.2, 0.25) is 0 Å². The summed E-state index contributed by atoms with van der Waals surface area (Å²) in [6, 6.07) is 2.42. The lowest BCUT2D eigenvalue weighted by atomic mass is 9.77. The highest BCUT2D eigenvalue weighted by atomic mass is 16.5. The van der Waals surface area contributed by atoms with Crippen LogP contribution in [-0.4, -0.2) is 78.3 Å². The highest BCUT2D eigenvalue weighted by Gasteiger charge is 2.51. The van der Waals surface area contributed by atoms with Crippen LogP contribution in [0.15, 0.2) is 23.8 Å². The van der Waals surface area contributed by atoms with Crippen LogP contribution in [0.25, 0.3) is 0 Å². The summed E-state index contributed by atoms with van der Waals surface area (Å²) in [4.78, 5) is 39.9. The average Bonchev–Trinajstić information content (AvgIpc) is 3.27. The number of unbranched alkanes of at least 4 members (excludes halogenated alkanes) is 3. The van der Waals surface area contributed by atoms with E-state index in [9.17, 15) is 24.6 Å². The number of rotatable bonds is 13. The van der Waals surface area contributed by atoms with Crippen molar-refractivity contribution in [1.29, 1.82) is 0 Å². The molecule has 1 heterocycles. The zero-order valence-electron chi connectivity index (χ0n) is 22.2. The zero-order chi connectivity index (χ0) is 27.1. The minimum Gasteiger partial charge on any atom is -0.493 e. The number of hydrogen-bond acceptors (Lipinski definition) is 7. The smallest absolute Gasteiger partial charge is 0.247 e. The van der Waals surface area contributed by atoms with Gasteiger partial charge in [-0.15, -0.1) is 0 Å². The van der Waals surface area contributed by atoms with Gasteiger partial charge < -0.3 is 29.9 Å². The van der Waals surface area contributed by atoms with Crippen molar-refractivity contribution < 1.29 is 34.1 Å². The van der Waals surface area contributed by atoms with Crippen molar-refractivity contribution in [3.8, 4) is 11.5 Å². The molecule has 0 spiro atoms. The van der Waals surface area contributed by atoms with Gasteiger partial charge in [0.15, 0.2) is 11.5 Å². The van der Waals surface area contributed by atoms with Gasteiger partial charge in [0.2, 0.25) is 11.8 Å². The molecule has 0 radical (unpaired) electrons. The van der Waals surface area contributed by atoms with Gasteiger partial charge >= 0.3 is 0 Å². The van der Waals surface area contributed by atoms with Crippen LogP contribution in [0.1, 0.15) is 74.7 Å². The molecule has 0 saturated heterocycles. The van der Waals surface area contributed by atoms with Gasteiger partial charge in [0, 0.05) is 36.2 Å². The lowest BCUT2D eigenvalue weighted by Gasteiger charge is -2.41. The maximum atomic E-state index is 13.4. The molecule has 37 heavy (non-hydrogen) atoms. The maximum Gasteiger partial charge on any atom is 0.247 e. The zero-order valence-corrected chi connectivity index (χ0v) is 22.2. The minimum absolute atomic E-state index is 0.0548. The Bertz CT molecular complexity index is 1010. The number of benzene rings is 1. The van der Waals surface area contributed by atoms with Gasteiger partial charge in [0.1, 0.15) is 18.5 Å². The van der Waals surface area contributed by atoms with Crippen LogP contribution in [0.4, 0.5) is 0 Å². The average molecular weight is 517 g/mol. The van der Waals surface area contributed by atoms with Gasteiger partial charge in [-0.1, -0.05) is 40.0 Å². The first-order valence-corrected chi connectivity index (χ1v) is 13.2. The van der Waals surface area contributed by atoms with Crippen LogP contribution in [-0.2, 0) is 9.59 Å². The molecule has 3 rings (SSSR count). The molecular formula is C28H40N2O7. The number of methoxy groups -OCH3 is 1. The Balaban J connectivity index is 2.07. The summed E-state index contributed by atoms with van der Waals surface area (Å²) in [6.45, 7) is 6.34. The van der Waals surface area contributed by atoms with E-state index in [2.05, 4.69) is 12.2 Å². The molecule has 9 nitrogen and oxygen atoms in total. The molecule has 9 heteroatoms. The van der Waals surface area contributed by atoms with Crippen molar-refractivity contribution in [2.45, 2.75) is 77.0 Å². The second-order valence-electron chi connectivity index (χ2n) is 10.1. The summed E-state index contributed by atoms with van der Waals surface area (Å²) in [5.74, 6) is -0.344. The molecule has 4 unspecified atom stereocenters. The molecule has 3 N–H and O–H groups in total. The molecule has 1 aliphatic carbocycles. The third-order valence-electron chi connectivity index (χ3n) is 6.93. The van der Waals surface area contributed by atoms with E-state index >= 15 is 0 Å². The first kappa shape index (κ1) is 28.7. The fraction of sp³-hybridized carbons (Fsp3) is 0.607. The van der Waals surface area contributed by atoms with Crippen LogP contribution < -0.4 is 14.8 Å². The summed E-state index contributed by atoms with van der Waals surface area (Å²) < 4.78 is 11.7. The Kier molecular flexibility index (Phi) is 10.1. The number of carbonyl (C=O) groups excluding carboxylic acids is 3. The summed E-state index contributed by atoms with van der Waals surface area (Å²) in [7, 11) is 1.46. The number of hydrogen-bond donors (Lipinski definition) is 3. The van der Waals surface area contributed by atoms with Crippen LogP contribution in [0.3, 0.4) is 0 Å². The molecule has 1 aliphatic heterocycles. The van der Waals surface area contributed by atoms with E-state index < -0.39 is 30.1 Å². The topological polar surface area (TPSA) is 125 Å². The van der Waals surface area contributed by atoms with Crippen molar-refractivity contribution in [3.63, 3.8) is 0 Å². The fourth-order valence-corrected chi connectivity index (χ4v) is 5.17. The standard InChI is InChI=1S/C28H40N2O7/c1-5-6-7-8-10-30(23(33)12-17(2)3)21-15-20(28(35)29-9-11-31)24-19-13-18(16-32)14-22(36-4)26(19)37-27(24)25(21)34/h13-17,21,24-25,27,31,34H,5-12H2,1-4H3,(H,29,35). The minimum atomic E-state index is -1.11. The van der Waals surface area contributed by atoms with Crippen molar-refractivity contribution in [1.82, 2.24) is 10.2 Å². The number of aldehydes is 1. The molecule has 0 aromatic heterocycles. The van der Waals surface area contributed by atoms with Crippen LogP contribution in [0.5, 0.6) is 11.5 Å². The Morgan fingerprint density at radius 1 is 1.24 bits per heavy atom. The largest absolute Gasteiger partial charge is 0.493 e. The molecule has 1 aromatic carbocycles. The van der Waals surface area contributed by atoms with Crippen LogP contribution in [0, 0.1) is 5.92 Å². The predicted octanol–water partition coefficient (Wildman–Crippen LogP) is 2.59. The Morgan fingerprint density at radius 3 is 2.62 bits per heavy atom. The normalized spacial score (nSPS) is 22.0. The molecule has 1 aromatic rings. The summed E-state index contributed by atoms with van der Waals surface area (Å²) in [5.41, 5.74) is 1.25. The van der Waals surface area contributed by atoms with Crippen LogP contribution >= 0.6 is 0 Å². The van der Waals surface area contributed by atoms with E-state index in [1.807, 2.05) is 13.8 Å². The lowest BCUT2D eigenvalue weighted by molar-refractivity contribution is -0.138. The van der Waals surface area contributed by atoms with Gasteiger partial charge in [0.25, 0.3) is 0 Å². The third kappa shape index (κ3) is 6.33. The molecular weight excluding hydrogens is 476 g/mol. The van der Waals surface area contributed by atoms with Crippen molar-refractivity contribution in [3.05, 3.63) is 34.9 Å². The molecule has 0 bridgehead atoms. The van der Waals surface area contributed by atoms with E-state index in [0.29, 0.717) is 47.5 Å². The van der Waals surface area contributed by atoms with E-state index in [1.54, 1.807) is 23.1 Å². The number of amides is 2. The number of fused-ring (bicyclic) bond motifs is 3. The number of aliphatic hydroxyl groups excluding tert-OH is 2. The van der Waals surface area contributed by atoms with Crippen molar-refractivity contribution in [2.75, 3.05) is 26.8 Å². The van der Waals surface area contributed by atoms with E-state index in [1.165, 1.54) is 7.11 Å². The molecule has 0 fully saturated rings. The monoisotopic (exact) mass is 516 g/mol. The molecule has 4 atom stereocenters. The molecule has 204 valence electrons. The highest BCUT2D eigenvalue weighted by Crippen LogP contribution is 2.51. The summed E-state index contributed by atoms with van der Waals surface area (Å²) >= 11 is 0. The predicted molar refractivity (Wildman–Crippen MR) is 139 cm³/mol.